The van der Waals surface area contributed by atoms with E-state index in [-0.39, 0.29) is 23.5 Å². The van der Waals surface area contributed by atoms with Crippen LogP contribution in [0.3, 0.4) is 0 Å². The summed E-state index contributed by atoms with van der Waals surface area (Å²) in [6.07, 6.45) is 3.29. The Balaban J connectivity index is 1.73. The van der Waals surface area contributed by atoms with Gasteiger partial charge in [0, 0.05) is 25.4 Å². The number of hydrogen-bond acceptors (Lipinski definition) is 5. The van der Waals surface area contributed by atoms with Gasteiger partial charge < -0.3 is 19.2 Å². The summed E-state index contributed by atoms with van der Waals surface area (Å²) in [5.74, 6) is -1.77. The molecular weight excluding hydrogens is 290 g/mol. The summed E-state index contributed by atoms with van der Waals surface area (Å²) >= 11 is 0. The lowest BCUT2D eigenvalue weighted by molar-refractivity contribution is -0.0238. The number of carbonyl (C=O) groups is 2. The number of ether oxygens (including phenoxy) is 1. The fraction of sp³-hybridized carbons (Fsp3) is 0.357. The number of aromatic nitrogens is 2. The number of aromatic carboxylic acids is 1. The molecule has 1 N–H and O–H groups in total. The fourth-order valence-corrected chi connectivity index (χ4v) is 2.37. The fourth-order valence-electron chi connectivity index (χ4n) is 2.37. The number of carboxylic acid groups (broad SMARTS) is 1. The van der Waals surface area contributed by atoms with E-state index in [9.17, 15) is 9.59 Å². The highest BCUT2D eigenvalue weighted by atomic mass is 16.5. The van der Waals surface area contributed by atoms with Gasteiger partial charge in [-0.05, 0) is 12.1 Å². The van der Waals surface area contributed by atoms with Crippen LogP contribution in [0.15, 0.2) is 28.9 Å². The predicted molar refractivity (Wildman–Crippen MR) is 73.5 cm³/mol. The zero-order chi connectivity index (χ0) is 15.7. The summed E-state index contributed by atoms with van der Waals surface area (Å²) in [6, 6.07) is 2.65. The zero-order valence-corrected chi connectivity index (χ0v) is 11.9. The quantitative estimate of drug-likeness (QED) is 0.905. The van der Waals surface area contributed by atoms with E-state index in [2.05, 4.69) is 5.10 Å². The van der Waals surface area contributed by atoms with E-state index in [4.69, 9.17) is 14.3 Å². The Labute approximate surface area is 125 Å². The molecule has 8 nitrogen and oxygen atoms in total. The van der Waals surface area contributed by atoms with Crippen LogP contribution in [0.5, 0.6) is 0 Å². The summed E-state index contributed by atoms with van der Waals surface area (Å²) in [5.41, 5.74) is 0.894. The van der Waals surface area contributed by atoms with Gasteiger partial charge in [0.15, 0.2) is 5.76 Å². The van der Waals surface area contributed by atoms with E-state index in [0.717, 1.165) is 5.56 Å². The number of carbonyl (C=O) groups excluding carboxylic acids is 1. The van der Waals surface area contributed by atoms with Crippen molar-refractivity contribution < 1.29 is 23.8 Å². The van der Waals surface area contributed by atoms with Gasteiger partial charge in [-0.15, -0.1) is 0 Å². The van der Waals surface area contributed by atoms with Gasteiger partial charge >= 0.3 is 5.97 Å². The van der Waals surface area contributed by atoms with Crippen LogP contribution < -0.4 is 0 Å². The number of carboxylic acids is 1. The highest BCUT2D eigenvalue weighted by Crippen LogP contribution is 2.23. The van der Waals surface area contributed by atoms with Gasteiger partial charge in [-0.2, -0.15) is 5.10 Å². The van der Waals surface area contributed by atoms with Gasteiger partial charge in [0.25, 0.3) is 5.91 Å². The maximum Gasteiger partial charge on any atom is 0.371 e. The van der Waals surface area contributed by atoms with Crippen molar-refractivity contribution in [3.05, 3.63) is 41.6 Å². The van der Waals surface area contributed by atoms with E-state index >= 15 is 0 Å². The van der Waals surface area contributed by atoms with Crippen LogP contribution in [0.1, 0.15) is 32.8 Å². The molecule has 0 bridgehead atoms. The van der Waals surface area contributed by atoms with Crippen LogP contribution in [-0.4, -0.2) is 51.4 Å². The average Bonchev–Trinajstić information content (AvgIpc) is 3.15. The molecule has 1 saturated heterocycles. The third kappa shape index (κ3) is 2.73. The molecule has 8 heteroatoms. The predicted octanol–water partition coefficient (Wildman–Crippen LogP) is 0.925. The van der Waals surface area contributed by atoms with Crippen LogP contribution >= 0.6 is 0 Å². The minimum absolute atomic E-state index is 0.0178. The number of furan rings is 1. The van der Waals surface area contributed by atoms with Crippen LogP contribution in [0.4, 0.5) is 0 Å². The SMILES string of the molecule is Cn1cc(C2CN(C(=O)c3ccc(C(=O)O)o3)CCO2)cn1. The Hall–Kier alpha value is -2.61. The van der Waals surface area contributed by atoms with Crippen molar-refractivity contribution in [3.8, 4) is 0 Å². The number of nitrogens with zero attached hydrogens (tertiary/aromatic N) is 3. The summed E-state index contributed by atoms with van der Waals surface area (Å²) < 4.78 is 12.4. The molecule has 3 rings (SSSR count). The second-order valence-corrected chi connectivity index (χ2v) is 5.03. The van der Waals surface area contributed by atoms with Crippen molar-refractivity contribution in [2.75, 3.05) is 19.7 Å². The van der Waals surface area contributed by atoms with E-state index in [0.29, 0.717) is 19.7 Å². The molecule has 0 aromatic carbocycles. The molecule has 0 saturated carbocycles. The average molecular weight is 305 g/mol. The standard InChI is InChI=1S/C14H15N3O5/c1-16-7-9(6-15-16)12-8-17(4-5-21-12)13(18)10-2-3-11(22-10)14(19)20/h2-3,6-7,12H,4-5,8H2,1H3,(H,19,20). The van der Waals surface area contributed by atoms with Crippen LogP contribution in [0.2, 0.25) is 0 Å². The molecule has 116 valence electrons. The largest absolute Gasteiger partial charge is 0.475 e. The van der Waals surface area contributed by atoms with E-state index in [1.807, 2.05) is 13.2 Å². The van der Waals surface area contributed by atoms with Crippen LogP contribution in [0.25, 0.3) is 0 Å². The van der Waals surface area contributed by atoms with Gasteiger partial charge in [0.1, 0.15) is 6.10 Å². The van der Waals surface area contributed by atoms with Gasteiger partial charge in [0.2, 0.25) is 5.76 Å². The normalized spacial score (nSPS) is 18.4. The first kappa shape index (κ1) is 14.3. The lowest BCUT2D eigenvalue weighted by Gasteiger charge is -2.32. The second-order valence-electron chi connectivity index (χ2n) is 5.03. The summed E-state index contributed by atoms with van der Waals surface area (Å²) in [6.45, 7) is 1.20. The molecule has 1 atom stereocenters. The van der Waals surface area contributed by atoms with Crippen molar-refractivity contribution in [3.63, 3.8) is 0 Å². The van der Waals surface area contributed by atoms with E-state index in [1.54, 1.807) is 15.8 Å². The molecule has 2 aromatic heterocycles. The van der Waals surface area contributed by atoms with Crippen molar-refractivity contribution >= 4 is 11.9 Å². The van der Waals surface area contributed by atoms with E-state index < -0.39 is 5.97 Å². The van der Waals surface area contributed by atoms with Gasteiger partial charge in [-0.25, -0.2) is 4.79 Å². The summed E-state index contributed by atoms with van der Waals surface area (Å²) in [7, 11) is 1.81. The zero-order valence-electron chi connectivity index (χ0n) is 11.9. The second kappa shape index (κ2) is 5.64. The highest BCUT2D eigenvalue weighted by molar-refractivity contribution is 5.93. The minimum atomic E-state index is -1.20. The smallest absolute Gasteiger partial charge is 0.371 e. The first-order valence-corrected chi connectivity index (χ1v) is 6.77. The summed E-state index contributed by atoms with van der Waals surface area (Å²) in [5, 5.41) is 12.9. The first-order valence-electron chi connectivity index (χ1n) is 6.77. The molecule has 0 spiro atoms. The number of morpholine rings is 1. The van der Waals surface area contributed by atoms with E-state index in [1.165, 1.54) is 12.1 Å². The Morgan fingerprint density at radius 3 is 2.77 bits per heavy atom. The lowest BCUT2D eigenvalue weighted by Crippen LogP contribution is -2.42. The Kier molecular flexibility index (Phi) is 3.68. The number of aryl methyl sites for hydroxylation is 1. The van der Waals surface area contributed by atoms with Crippen molar-refractivity contribution in [2.24, 2.45) is 7.05 Å². The molecular formula is C14H15N3O5. The maximum absolute atomic E-state index is 12.4. The minimum Gasteiger partial charge on any atom is -0.475 e. The molecule has 2 aromatic rings. The molecule has 1 unspecified atom stereocenters. The number of rotatable bonds is 3. The molecule has 1 aliphatic heterocycles. The Morgan fingerprint density at radius 1 is 1.36 bits per heavy atom. The Bertz CT molecular complexity index is 705. The molecule has 22 heavy (non-hydrogen) atoms. The molecule has 1 amide bonds. The Morgan fingerprint density at radius 2 is 2.14 bits per heavy atom. The van der Waals surface area contributed by atoms with Gasteiger partial charge in [-0.1, -0.05) is 0 Å². The molecule has 0 radical (unpaired) electrons. The van der Waals surface area contributed by atoms with Crippen LogP contribution in [-0.2, 0) is 11.8 Å². The number of amides is 1. The molecule has 3 heterocycles. The lowest BCUT2D eigenvalue weighted by atomic mass is 10.1. The van der Waals surface area contributed by atoms with Gasteiger partial charge in [-0.3, -0.25) is 9.48 Å². The van der Waals surface area contributed by atoms with Crippen molar-refractivity contribution in [1.29, 1.82) is 0 Å². The van der Waals surface area contributed by atoms with Crippen LogP contribution in [0, 0.1) is 0 Å². The topological polar surface area (TPSA) is 97.8 Å². The van der Waals surface area contributed by atoms with Gasteiger partial charge in [0.05, 0.1) is 19.3 Å². The maximum atomic E-state index is 12.4. The molecule has 1 fully saturated rings. The number of hydrogen-bond donors (Lipinski definition) is 1. The molecule has 1 aliphatic rings. The molecule has 0 aliphatic carbocycles. The first-order chi connectivity index (χ1) is 10.5. The van der Waals surface area contributed by atoms with Crippen molar-refractivity contribution in [2.45, 2.75) is 6.10 Å². The summed E-state index contributed by atoms with van der Waals surface area (Å²) in [4.78, 5) is 24.8. The third-order valence-corrected chi connectivity index (χ3v) is 3.48. The third-order valence-electron chi connectivity index (χ3n) is 3.48. The monoisotopic (exact) mass is 305 g/mol. The van der Waals surface area contributed by atoms with Crippen molar-refractivity contribution in [1.82, 2.24) is 14.7 Å². The highest BCUT2D eigenvalue weighted by Gasteiger charge is 2.28.